The van der Waals surface area contributed by atoms with Crippen molar-refractivity contribution in [1.29, 1.82) is 0 Å². The molecule has 0 saturated heterocycles. The predicted octanol–water partition coefficient (Wildman–Crippen LogP) is 1.35. The summed E-state index contributed by atoms with van der Waals surface area (Å²) in [4.78, 5) is 20.6. The first kappa shape index (κ1) is 10.9. The normalized spacial score (nSPS) is 12.4. The lowest BCUT2D eigenvalue weighted by molar-refractivity contribution is -0.143. The third-order valence-electron chi connectivity index (χ3n) is 1.69. The van der Waals surface area contributed by atoms with Crippen molar-refractivity contribution in [1.82, 2.24) is 0 Å². The first-order valence-corrected chi connectivity index (χ1v) is 4.02. The minimum atomic E-state index is -0.933. The second-order valence-electron chi connectivity index (χ2n) is 2.76. The highest BCUT2D eigenvalue weighted by Gasteiger charge is 2.16. The largest absolute Gasteiger partial charge is 0.481 e. The summed E-state index contributed by atoms with van der Waals surface area (Å²) in [5.41, 5.74) is 0. The summed E-state index contributed by atoms with van der Waals surface area (Å²) >= 11 is 0. The molecular formula is C8H14O4. The van der Waals surface area contributed by atoms with Crippen molar-refractivity contribution in [3.63, 3.8) is 0 Å². The lowest BCUT2D eigenvalue weighted by atomic mass is 9.98. The van der Waals surface area contributed by atoms with Crippen molar-refractivity contribution in [3.05, 3.63) is 0 Å². The Morgan fingerprint density at radius 1 is 1.25 bits per heavy atom. The van der Waals surface area contributed by atoms with Gasteiger partial charge >= 0.3 is 11.9 Å². The molecule has 70 valence electrons. The molecule has 0 aromatic rings. The maximum atomic E-state index is 10.5. The van der Waals surface area contributed by atoms with Crippen LogP contribution in [0.1, 0.15) is 32.6 Å². The minimum absolute atomic E-state index is 0.0586. The fourth-order valence-electron chi connectivity index (χ4n) is 1.04. The molecule has 12 heavy (non-hydrogen) atoms. The average molecular weight is 174 g/mol. The van der Waals surface area contributed by atoms with Gasteiger partial charge in [0.1, 0.15) is 0 Å². The van der Waals surface area contributed by atoms with E-state index in [0.717, 1.165) is 6.42 Å². The summed E-state index contributed by atoms with van der Waals surface area (Å²) in [5.74, 6) is -2.32. The van der Waals surface area contributed by atoms with E-state index in [1.165, 1.54) is 0 Å². The molecule has 0 unspecified atom stereocenters. The van der Waals surface area contributed by atoms with Crippen LogP contribution in [0.15, 0.2) is 0 Å². The molecule has 0 aromatic carbocycles. The molecule has 0 radical (unpaired) electrons. The molecule has 0 saturated carbocycles. The van der Waals surface area contributed by atoms with Crippen LogP contribution in [0.3, 0.4) is 0 Å². The van der Waals surface area contributed by atoms with Crippen LogP contribution in [-0.4, -0.2) is 22.2 Å². The molecule has 2 N–H and O–H groups in total. The van der Waals surface area contributed by atoms with E-state index >= 15 is 0 Å². The Labute approximate surface area is 71.2 Å². The first-order valence-electron chi connectivity index (χ1n) is 4.02. The van der Waals surface area contributed by atoms with Crippen LogP contribution in [0.2, 0.25) is 0 Å². The standard InChI is InChI=1S/C8H14O4/c1-2-3-6(8(11)12)4-5-7(9)10/h6H,2-5H2,1H3,(H,9,10)(H,11,12)/t6-/m1/s1. The molecule has 0 spiro atoms. The number of aliphatic carboxylic acids is 2. The van der Waals surface area contributed by atoms with Crippen molar-refractivity contribution >= 4 is 11.9 Å². The molecule has 0 heterocycles. The van der Waals surface area contributed by atoms with Gasteiger partial charge in [0, 0.05) is 6.42 Å². The molecule has 0 aromatic heterocycles. The second kappa shape index (κ2) is 5.57. The third-order valence-corrected chi connectivity index (χ3v) is 1.69. The van der Waals surface area contributed by atoms with Gasteiger partial charge in [-0.1, -0.05) is 13.3 Å². The number of carboxylic acids is 2. The molecule has 0 fully saturated rings. The molecule has 0 aliphatic rings. The van der Waals surface area contributed by atoms with Crippen molar-refractivity contribution in [3.8, 4) is 0 Å². The first-order chi connectivity index (χ1) is 5.57. The van der Waals surface area contributed by atoms with Crippen LogP contribution in [0.5, 0.6) is 0 Å². The number of rotatable bonds is 6. The van der Waals surface area contributed by atoms with Gasteiger partial charge in [0.25, 0.3) is 0 Å². The molecule has 4 heteroatoms. The maximum absolute atomic E-state index is 10.5. The van der Waals surface area contributed by atoms with Gasteiger partial charge in [0.15, 0.2) is 0 Å². The van der Waals surface area contributed by atoms with E-state index in [9.17, 15) is 9.59 Å². The van der Waals surface area contributed by atoms with E-state index in [1.807, 2.05) is 6.92 Å². The Kier molecular flexibility index (Phi) is 5.08. The summed E-state index contributed by atoms with van der Waals surface area (Å²) in [5, 5.41) is 16.9. The van der Waals surface area contributed by atoms with E-state index in [1.54, 1.807) is 0 Å². The Morgan fingerprint density at radius 3 is 2.17 bits per heavy atom. The van der Waals surface area contributed by atoms with E-state index in [4.69, 9.17) is 10.2 Å². The Hall–Kier alpha value is -1.06. The highest BCUT2D eigenvalue weighted by atomic mass is 16.4. The summed E-state index contributed by atoms with van der Waals surface area (Å²) in [6.07, 6.45) is 1.51. The third kappa shape index (κ3) is 4.71. The van der Waals surface area contributed by atoms with Crippen LogP contribution in [0.25, 0.3) is 0 Å². The van der Waals surface area contributed by atoms with Gasteiger partial charge in [-0.05, 0) is 12.8 Å². The molecule has 0 amide bonds. The molecule has 0 aliphatic heterocycles. The summed E-state index contributed by atoms with van der Waals surface area (Å²) < 4.78 is 0. The van der Waals surface area contributed by atoms with Crippen LogP contribution < -0.4 is 0 Å². The van der Waals surface area contributed by atoms with Crippen LogP contribution in [-0.2, 0) is 9.59 Å². The Morgan fingerprint density at radius 2 is 1.83 bits per heavy atom. The topological polar surface area (TPSA) is 74.6 Å². The zero-order valence-corrected chi connectivity index (χ0v) is 7.12. The fourth-order valence-corrected chi connectivity index (χ4v) is 1.04. The molecule has 0 aliphatic carbocycles. The van der Waals surface area contributed by atoms with Crippen LogP contribution >= 0.6 is 0 Å². The SMILES string of the molecule is CCC[C@H](CCC(=O)O)C(=O)O. The lowest BCUT2D eigenvalue weighted by Gasteiger charge is -2.08. The molecule has 0 rings (SSSR count). The van der Waals surface area contributed by atoms with Gasteiger partial charge in [0.05, 0.1) is 5.92 Å². The van der Waals surface area contributed by atoms with Gasteiger partial charge in [-0.2, -0.15) is 0 Å². The Balaban J connectivity index is 3.79. The van der Waals surface area contributed by atoms with E-state index in [-0.39, 0.29) is 12.8 Å². The van der Waals surface area contributed by atoms with Crippen LogP contribution in [0.4, 0.5) is 0 Å². The lowest BCUT2D eigenvalue weighted by Crippen LogP contribution is -2.14. The molecule has 4 nitrogen and oxygen atoms in total. The molecular weight excluding hydrogens is 160 g/mol. The van der Waals surface area contributed by atoms with Crippen LogP contribution in [0, 0.1) is 5.92 Å². The molecule has 0 bridgehead atoms. The monoisotopic (exact) mass is 174 g/mol. The second-order valence-corrected chi connectivity index (χ2v) is 2.76. The predicted molar refractivity (Wildman–Crippen MR) is 42.9 cm³/mol. The van der Waals surface area contributed by atoms with E-state index < -0.39 is 17.9 Å². The van der Waals surface area contributed by atoms with Crippen molar-refractivity contribution in [2.24, 2.45) is 5.92 Å². The maximum Gasteiger partial charge on any atom is 0.306 e. The number of carbonyl (C=O) groups is 2. The highest BCUT2D eigenvalue weighted by molar-refractivity contribution is 5.72. The van der Waals surface area contributed by atoms with E-state index in [2.05, 4.69) is 0 Å². The summed E-state index contributed by atoms with van der Waals surface area (Å²) in [6.45, 7) is 1.89. The van der Waals surface area contributed by atoms with Gasteiger partial charge in [-0.15, -0.1) is 0 Å². The van der Waals surface area contributed by atoms with Gasteiger partial charge in [-0.25, -0.2) is 0 Å². The highest BCUT2D eigenvalue weighted by Crippen LogP contribution is 2.13. The van der Waals surface area contributed by atoms with E-state index in [0.29, 0.717) is 6.42 Å². The minimum Gasteiger partial charge on any atom is -0.481 e. The zero-order valence-electron chi connectivity index (χ0n) is 7.12. The number of hydrogen-bond acceptors (Lipinski definition) is 2. The Bertz CT molecular complexity index is 164. The van der Waals surface area contributed by atoms with Gasteiger partial charge in [-0.3, -0.25) is 9.59 Å². The zero-order chi connectivity index (χ0) is 9.56. The summed E-state index contributed by atoms with van der Waals surface area (Å²) in [7, 11) is 0. The smallest absolute Gasteiger partial charge is 0.306 e. The fraction of sp³-hybridized carbons (Fsp3) is 0.750. The quantitative estimate of drug-likeness (QED) is 0.637. The van der Waals surface area contributed by atoms with Crippen molar-refractivity contribution in [2.45, 2.75) is 32.6 Å². The van der Waals surface area contributed by atoms with Gasteiger partial charge < -0.3 is 10.2 Å². The average Bonchev–Trinajstić information content (AvgIpc) is 1.96. The number of carboxylic acid groups (broad SMARTS) is 2. The number of hydrogen-bond donors (Lipinski definition) is 2. The van der Waals surface area contributed by atoms with Crippen molar-refractivity contribution in [2.75, 3.05) is 0 Å². The molecule has 1 atom stereocenters. The van der Waals surface area contributed by atoms with Gasteiger partial charge in [0.2, 0.25) is 0 Å². The van der Waals surface area contributed by atoms with Crippen molar-refractivity contribution < 1.29 is 19.8 Å². The summed E-state index contributed by atoms with van der Waals surface area (Å²) in [6, 6.07) is 0.